The predicted octanol–water partition coefficient (Wildman–Crippen LogP) is 5.64. The quantitative estimate of drug-likeness (QED) is 0.646. The third-order valence-corrected chi connectivity index (χ3v) is 7.80. The van der Waals surface area contributed by atoms with Crippen LogP contribution in [-0.2, 0) is 10.8 Å². The largest absolute Gasteiger partial charge is 0.256 e. The molecule has 1 aliphatic carbocycles. The van der Waals surface area contributed by atoms with Crippen LogP contribution in [0, 0.1) is 0 Å². The summed E-state index contributed by atoms with van der Waals surface area (Å²) in [6.07, 6.45) is 4.62. The fourth-order valence-corrected chi connectivity index (χ4v) is 4.94. The van der Waals surface area contributed by atoms with Crippen molar-refractivity contribution in [2.24, 2.45) is 0 Å². The third kappa shape index (κ3) is 3.09. The number of hydrogen-bond acceptors (Lipinski definition) is 1. The smallest absolute Gasteiger partial charge is 0.0776 e. The molecule has 0 aliphatic heterocycles. The first-order valence-electron chi connectivity index (χ1n) is 9.13. The maximum absolute atomic E-state index is 4.86. The van der Waals surface area contributed by atoms with Crippen LogP contribution in [0.4, 0.5) is 0 Å². The molecule has 24 heavy (non-hydrogen) atoms. The van der Waals surface area contributed by atoms with Gasteiger partial charge in [0.2, 0.25) is 0 Å². The lowest BCUT2D eigenvalue weighted by Gasteiger charge is -2.41. The summed E-state index contributed by atoms with van der Waals surface area (Å²) in [5.41, 5.74) is 5.78. The van der Waals surface area contributed by atoms with Gasteiger partial charge in [-0.1, -0.05) is 76.8 Å². The molecule has 2 aromatic rings. The molecule has 1 nitrogen and oxygen atoms in total. The minimum absolute atomic E-state index is 0.233. The van der Waals surface area contributed by atoms with E-state index in [9.17, 15) is 0 Å². The molecule has 0 amide bonds. The first-order chi connectivity index (χ1) is 11.0. The Labute approximate surface area is 148 Å². The first-order valence-corrected chi connectivity index (χ1v) is 12.6. The summed E-state index contributed by atoms with van der Waals surface area (Å²) < 4.78 is 0. The van der Waals surface area contributed by atoms with Crippen LogP contribution in [0.3, 0.4) is 0 Å². The third-order valence-electron chi connectivity index (χ3n) is 5.76. The van der Waals surface area contributed by atoms with Crippen LogP contribution in [0.2, 0.25) is 19.6 Å². The van der Waals surface area contributed by atoms with Gasteiger partial charge in [-0.2, -0.15) is 0 Å². The topological polar surface area (TPSA) is 12.9 Å². The fraction of sp³-hybridized carbons (Fsp3) is 0.500. The molecule has 0 unspecified atom stereocenters. The number of rotatable bonds is 2. The molecule has 2 heteroatoms. The Kier molecular flexibility index (Phi) is 4.03. The van der Waals surface area contributed by atoms with Gasteiger partial charge in [-0.05, 0) is 46.4 Å². The number of nitrogens with zero attached hydrogens (tertiary/aromatic N) is 1. The van der Waals surface area contributed by atoms with Gasteiger partial charge < -0.3 is 0 Å². The summed E-state index contributed by atoms with van der Waals surface area (Å²) in [4.78, 5) is 4.86. The Balaban J connectivity index is 2.12. The van der Waals surface area contributed by atoms with E-state index in [2.05, 4.69) is 83.9 Å². The van der Waals surface area contributed by atoms with E-state index in [1.54, 1.807) is 0 Å². The van der Waals surface area contributed by atoms with Crippen molar-refractivity contribution in [2.75, 3.05) is 0 Å². The van der Waals surface area contributed by atoms with E-state index < -0.39 is 8.07 Å². The second-order valence-electron chi connectivity index (χ2n) is 9.71. The number of hydrogen-bond donors (Lipinski definition) is 0. The molecule has 128 valence electrons. The second kappa shape index (κ2) is 5.55. The van der Waals surface area contributed by atoms with Crippen LogP contribution in [0.25, 0.3) is 11.3 Å². The Morgan fingerprint density at radius 3 is 2.12 bits per heavy atom. The molecular formula is C22H31NSi. The van der Waals surface area contributed by atoms with Gasteiger partial charge in [0.25, 0.3) is 0 Å². The number of aromatic nitrogens is 1. The molecule has 0 fully saturated rings. The van der Waals surface area contributed by atoms with Crippen molar-refractivity contribution in [3.05, 3.63) is 47.7 Å². The summed E-state index contributed by atoms with van der Waals surface area (Å²) >= 11 is 0. The average Bonchev–Trinajstić information content (AvgIpc) is 2.51. The van der Waals surface area contributed by atoms with Crippen LogP contribution in [0.1, 0.15) is 51.7 Å². The van der Waals surface area contributed by atoms with E-state index >= 15 is 0 Å². The van der Waals surface area contributed by atoms with Gasteiger partial charge in [0, 0.05) is 6.20 Å². The summed E-state index contributed by atoms with van der Waals surface area (Å²) in [6, 6.07) is 11.4. The lowest BCUT2D eigenvalue weighted by Crippen LogP contribution is -2.37. The standard InChI is InChI=1S/C22H31NSi/c1-21(2)11-12-22(3,4)19-15-23-20(14-18(19)21)16-9-8-10-17(13-16)24(5,6)7/h8-10,13-15H,11-12H2,1-7H3. The van der Waals surface area contributed by atoms with Crippen molar-refractivity contribution in [1.29, 1.82) is 0 Å². The maximum atomic E-state index is 4.86. The minimum atomic E-state index is -1.31. The lowest BCUT2D eigenvalue weighted by molar-refractivity contribution is 0.331. The Hall–Kier alpha value is -1.41. The van der Waals surface area contributed by atoms with Crippen molar-refractivity contribution in [3.63, 3.8) is 0 Å². The van der Waals surface area contributed by atoms with Crippen molar-refractivity contribution in [3.8, 4) is 11.3 Å². The van der Waals surface area contributed by atoms with E-state index in [1.807, 2.05) is 0 Å². The van der Waals surface area contributed by atoms with Gasteiger partial charge in [0.05, 0.1) is 13.8 Å². The van der Waals surface area contributed by atoms with Gasteiger partial charge in [-0.15, -0.1) is 0 Å². The monoisotopic (exact) mass is 337 g/mol. The molecule has 1 aromatic carbocycles. The fourth-order valence-electron chi connectivity index (χ4n) is 3.75. The van der Waals surface area contributed by atoms with Gasteiger partial charge in [-0.3, -0.25) is 4.98 Å². The van der Waals surface area contributed by atoms with Crippen molar-refractivity contribution >= 4 is 13.3 Å². The number of fused-ring (bicyclic) bond motifs is 1. The molecule has 1 heterocycles. The van der Waals surface area contributed by atoms with Crippen LogP contribution in [0.5, 0.6) is 0 Å². The van der Waals surface area contributed by atoms with E-state index in [-0.39, 0.29) is 10.8 Å². The van der Waals surface area contributed by atoms with Crippen molar-refractivity contribution < 1.29 is 0 Å². The van der Waals surface area contributed by atoms with Gasteiger partial charge in [-0.25, -0.2) is 0 Å². The zero-order valence-electron chi connectivity index (χ0n) is 16.3. The SMILES string of the molecule is CC1(C)CCC(C)(C)c2cc(-c3cccc([Si](C)(C)C)c3)ncc21. The highest BCUT2D eigenvalue weighted by atomic mass is 28.3. The second-order valence-corrected chi connectivity index (χ2v) is 14.8. The molecular weight excluding hydrogens is 306 g/mol. The van der Waals surface area contributed by atoms with Crippen LogP contribution in [-0.4, -0.2) is 13.1 Å². The summed E-state index contributed by atoms with van der Waals surface area (Å²) in [5, 5.41) is 1.50. The zero-order valence-corrected chi connectivity index (χ0v) is 17.3. The normalized spacial score (nSPS) is 19.0. The molecule has 0 spiro atoms. The molecule has 0 N–H and O–H groups in total. The minimum Gasteiger partial charge on any atom is -0.256 e. The Morgan fingerprint density at radius 2 is 1.50 bits per heavy atom. The van der Waals surface area contributed by atoms with Crippen molar-refractivity contribution in [1.82, 2.24) is 4.98 Å². The summed E-state index contributed by atoms with van der Waals surface area (Å²) in [6.45, 7) is 16.7. The van der Waals surface area contributed by atoms with E-state index in [4.69, 9.17) is 4.98 Å². The molecule has 1 aromatic heterocycles. The zero-order chi connectivity index (χ0) is 17.8. The highest BCUT2D eigenvalue weighted by molar-refractivity contribution is 6.88. The number of benzene rings is 1. The molecule has 0 bridgehead atoms. The highest BCUT2D eigenvalue weighted by Gasteiger charge is 2.37. The van der Waals surface area contributed by atoms with Gasteiger partial charge in [0.1, 0.15) is 0 Å². The van der Waals surface area contributed by atoms with Crippen LogP contribution in [0.15, 0.2) is 36.5 Å². The van der Waals surface area contributed by atoms with E-state index in [0.29, 0.717) is 0 Å². The van der Waals surface area contributed by atoms with Gasteiger partial charge in [0.15, 0.2) is 0 Å². The highest BCUT2D eigenvalue weighted by Crippen LogP contribution is 2.46. The van der Waals surface area contributed by atoms with Crippen molar-refractivity contribution in [2.45, 2.75) is 71.0 Å². The number of pyridine rings is 1. The Morgan fingerprint density at radius 1 is 0.875 bits per heavy atom. The molecule has 3 rings (SSSR count). The maximum Gasteiger partial charge on any atom is 0.0776 e. The predicted molar refractivity (Wildman–Crippen MR) is 108 cm³/mol. The lowest BCUT2D eigenvalue weighted by atomic mass is 9.63. The average molecular weight is 338 g/mol. The van der Waals surface area contributed by atoms with E-state index in [0.717, 1.165) is 5.69 Å². The van der Waals surface area contributed by atoms with Crippen LogP contribution >= 0.6 is 0 Å². The summed E-state index contributed by atoms with van der Waals surface area (Å²) in [5.74, 6) is 0. The van der Waals surface area contributed by atoms with Gasteiger partial charge >= 0.3 is 0 Å². The first kappa shape index (κ1) is 17.4. The van der Waals surface area contributed by atoms with Crippen LogP contribution < -0.4 is 5.19 Å². The molecule has 0 radical (unpaired) electrons. The molecule has 0 saturated carbocycles. The molecule has 0 saturated heterocycles. The summed E-state index contributed by atoms with van der Waals surface area (Å²) in [7, 11) is -1.31. The molecule has 1 aliphatic rings. The van der Waals surface area contributed by atoms with E-state index in [1.165, 1.54) is 34.7 Å². The Bertz CT molecular complexity index is 766. The molecule has 0 atom stereocenters.